The van der Waals surface area contributed by atoms with Crippen molar-refractivity contribution < 1.29 is 1.43 Å². The molecule has 0 spiro atoms. The van der Waals surface area contributed by atoms with E-state index in [9.17, 15) is 0 Å². The van der Waals surface area contributed by atoms with Gasteiger partial charge in [0.1, 0.15) is 0 Å². The number of allylic oxidation sites excluding steroid dienone is 4. The van der Waals surface area contributed by atoms with E-state index in [2.05, 4.69) is 39.8 Å². The van der Waals surface area contributed by atoms with Crippen LogP contribution in [0.15, 0.2) is 23.3 Å². The van der Waals surface area contributed by atoms with Crippen molar-refractivity contribution in [2.75, 3.05) is 0 Å². The predicted molar refractivity (Wildman–Crippen MR) is 61.8 cm³/mol. The van der Waals surface area contributed by atoms with Crippen LogP contribution in [0.1, 0.15) is 48.4 Å². The molecule has 0 nitrogen and oxygen atoms in total. The fourth-order valence-electron chi connectivity index (χ4n) is 1.92. The third-order valence-electron chi connectivity index (χ3n) is 2.33. The van der Waals surface area contributed by atoms with Gasteiger partial charge in [0.15, 0.2) is 0 Å². The minimum absolute atomic E-state index is 0. The molecule has 1 aliphatic carbocycles. The zero-order valence-corrected chi connectivity index (χ0v) is 9.43. The van der Waals surface area contributed by atoms with Gasteiger partial charge >= 0.3 is 0 Å². The second-order valence-electron chi connectivity index (χ2n) is 4.98. The minimum atomic E-state index is 0. The summed E-state index contributed by atoms with van der Waals surface area (Å²) in [6, 6.07) is 0. The van der Waals surface area contributed by atoms with Crippen LogP contribution < -0.4 is 0 Å². The Balaban J connectivity index is 0.00000169. The lowest BCUT2D eigenvalue weighted by Gasteiger charge is -2.05. The van der Waals surface area contributed by atoms with Crippen LogP contribution in [0.3, 0.4) is 0 Å². The van der Waals surface area contributed by atoms with E-state index in [0.717, 1.165) is 11.8 Å². The van der Waals surface area contributed by atoms with Gasteiger partial charge < -0.3 is 0 Å². The van der Waals surface area contributed by atoms with Crippen molar-refractivity contribution in [2.24, 2.45) is 11.8 Å². The highest BCUT2D eigenvalue weighted by Crippen LogP contribution is 2.26. The van der Waals surface area contributed by atoms with Crippen LogP contribution in [0.2, 0.25) is 0 Å². The average molecular weight is 180 g/mol. The first kappa shape index (κ1) is 10.6. The Morgan fingerprint density at radius 3 is 2.31 bits per heavy atom. The Labute approximate surface area is 84.2 Å². The van der Waals surface area contributed by atoms with Crippen molar-refractivity contribution >= 4 is 0 Å². The lowest BCUT2D eigenvalue weighted by atomic mass is 10.0. The molecule has 0 saturated heterocycles. The molecule has 0 saturated carbocycles. The van der Waals surface area contributed by atoms with Gasteiger partial charge in [0.25, 0.3) is 0 Å². The summed E-state index contributed by atoms with van der Waals surface area (Å²) >= 11 is 0. The maximum absolute atomic E-state index is 2.42. The zero-order chi connectivity index (χ0) is 9.84. The maximum Gasteiger partial charge on any atom is 0 e. The highest BCUT2D eigenvalue weighted by molar-refractivity contribution is 5.32. The Bertz CT molecular complexity index is 221. The third-order valence-corrected chi connectivity index (χ3v) is 2.33. The SMILES string of the molecule is CC(C)CC1=CCC(CC(C)C)=C1.[HH]. The van der Waals surface area contributed by atoms with Crippen LogP contribution in [-0.2, 0) is 0 Å². The summed E-state index contributed by atoms with van der Waals surface area (Å²) in [5.74, 6) is 1.60. The first-order valence-corrected chi connectivity index (χ1v) is 5.46. The Kier molecular flexibility index (Phi) is 3.77. The third kappa shape index (κ3) is 3.80. The average Bonchev–Trinajstić information content (AvgIpc) is 2.33. The first-order valence-electron chi connectivity index (χ1n) is 5.46. The molecule has 0 aliphatic heterocycles. The largest absolute Gasteiger partial charge is 0.0772 e. The van der Waals surface area contributed by atoms with Gasteiger partial charge in [-0.1, -0.05) is 51.0 Å². The predicted octanol–water partition coefficient (Wildman–Crippen LogP) is 4.58. The van der Waals surface area contributed by atoms with Gasteiger partial charge in [-0.3, -0.25) is 0 Å². The monoisotopic (exact) mass is 180 g/mol. The fourth-order valence-corrected chi connectivity index (χ4v) is 1.92. The van der Waals surface area contributed by atoms with Crippen LogP contribution in [-0.4, -0.2) is 0 Å². The van der Waals surface area contributed by atoms with Gasteiger partial charge in [-0.2, -0.15) is 0 Å². The van der Waals surface area contributed by atoms with E-state index in [1.807, 2.05) is 0 Å². The smallest absolute Gasteiger partial charge is 0 e. The van der Waals surface area contributed by atoms with Crippen molar-refractivity contribution in [3.05, 3.63) is 23.3 Å². The van der Waals surface area contributed by atoms with E-state index in [4.69, 9.17) is 0 Å². The maximum atomic E-state index is 2.42. The molecule has 0 heterocycles. The molecular weight excluding hydrogens is 156 g/mol. The summed E-state index contributed by atoms with van der Waals surface area (Å²) in [5, 5.41) is 0. The van der Waals surface area contributed by atoms with Gasteiger partial charge in [0.05, 0.1) is 0 Å². The van der Waals surface area contributed by atoms with Gasteiger partial charge in [-0.15, -0.1) is 0 Å². The van der Waals surface area contributed by atoms with Crippen molar-refractivity contribution in [3.63, 3.8) is 0 Å². The fraction of sp³-hybridized carbons (Fsp3) is 0.692. The molecule has 0 fully saturated rings. The van der Waals surface area contributed by atoms with Crippen molar-refractivity contribution in [1.29, 1.82) is 0 Å². The molecule has 0 amide bonds. The molecule has 0 atom stereocenters. The molecule has 0 heteroatoms. The van der Waals surface area contributed by atoms with Gasteiger partial charge in [-0.05, 0) is 31.1 Å². The highest BCUT2D eigenvalue weighted by atomic mass is 14.1. The number of rotatable bonds is 4. The summed E-state index contributed by atoms with van der Waals surface area (Å²) in [7, 11) is 0. The van der Waals surface area contributed by atoms with E-state index >= 15 is 0 Å². The zero-order valence-electron chi connectivity index (χ0n) is 9.43. The molecule has 0 bridgehead atoms. The molecule has 0 N–H and O–H groups in total. The Hall–Kier alpha value is -0.520. The quantitative estimate of drug-likeness (QED) is 0.594. The van der Waals surface area contributed by atoms with Crippen LogP contribution in [0.4, 0.5) is 0 Å². The summed E-state index contributed by atoms with van der Waals surface area (Å²) in [4.78, 5) is 0. The van der Waals surface area contributed by atoms with Crippen molar-refractivity contribution in [1.82, 2.24) is 0 Å². The highest BCUT2D eigenvalue weighted by Gasteiger charge is 2.08. The normalized spacial score (nSPS) is 16.8. The van der Waals surface area contributed by atoms with Crippen molar-refractivity contribution in [3.8, 4) is 0 Å². The van der Waals surface area contributed by atoms with E-state index in [0.29, 0.717) is 0 Å². The molecule has 0 aromatic heterocycles. The van der Waals surface area contributed by atoms with E-state index in [1.165, 1.54) is 19.3 Å². The molecular formula is C13H24. The van der Waals surface area contributed by atoms with Crippen LogP contribution in [0.25, 0.3) is 0 Å². The van der Waals surface area contributed by atoms with E-state index in [-0.39, 0.29) is 1.43 Å². The topological polar surface area (TPSA) is 0 Å². The Morgan fingerprint density at radius 1 is 1.15 bits per heavy atom. The van der Waals surface area contributed by atoms with Crippen LogP contribution in [0, 0.1) is 11.8 Å². The minimum Gasteiger partial charge on any atom is -0.0772 e. The molecule has 0 radical (unpaired) electrons. The lowest BCUT2D eigenvalue weighted by molar-refractivity contribution is 0.636. The standard InChI is InChI=1S/C13H22.H2/c1-10(2)7-12-5-6-13(9-12)8-11(3)4;/h5,9-11H,6-8H2,1-4H3;1H. The molecule has 0 unspecified atom stereocenters. The van der Waals surface area contributed by atoms with Gasteiger partial charge in [0.2, 0.25) is 0 Å². The second-order valence-corrected chi connectivity index (χ2v) is 4.98. The Morgan fingerprint density at radius 2 is 1.77 bits per heavy atom. The van der Waals surface area contributed by atoms with E-state index < -0.39 is 0 Å². The summed E-state index contributed by atoms with van der Waals surface area (Å²) in [6.07, 6.45) is 8.55. The molecule has 13 heavy (non-hydrogen) atoms. The molecule has 0 aromatic rings. The molecule has 1 rings (SSSR count). The summed E-state index contributed by atoms with van der Waals surface area (Å²) in [6.45, 7) is 9.16. The van der Waals surface area contributed by atoms with Crippen molar-refractivity contribution in [2.45, 2.75) is 47.0 Å². The molecule has 1 aliphatic rings. The lowest BCUT2D eigenvalue weighted by Crippen LogP contribution is -1.89. The van der Waals surface area contributed by atoms with E-state index in [1.54, 1.807) is 11.1 Å². The van der Waals surface area contributed by atoms with Crippen LogP contribution in [0.5, 0.6) is 0 Å². The molecule has 76 valence electrons. The summed E-state index contributed by atoms with van der Waals surface area (Å²) in [5.41, 5.74) is 3.19. The number of hydrogen-bond donors (Lipinski definition) is 0. The van der Waals surface area contributed by atoms with Gasteiger partial charge in [-0.25, -0.2) is 0 Å². The van der Waals surface area contributed by atoms with Gasteiger partial charge in [0, 0.05) is 1.43 Å². The number of hydrogen-bond acceptors (Lipinski definition) is 0. The second kappa shape index (κ2) is 4.64. The summed E-state index contributed by atoms with van der Waals surface area (Å²) < 4.78 is 0. The van der Waals surface area contributed by atoms with Crippen LogP contribution >= 0.6 is 0 Å². The first-order chi connectivity index (χ1) is 6.08. The molecule has 0 aromatic carbocycles.